The van der Waals surface area contributed by atoms with Gasteiger partial charge in [0.25, 0.3) is 0 Å². The predicted molar refractivity (Wildman–Crippen MR) is 98.8 cm³/mol. The van der Waals surface area contributed by atoms with Gasteiger partial charge in [0.1, 0.15) is 5.75 Å². The number of nitrogens with one attached hydrogen (secondary N) is 1. The van der Waals surface area contributed by atoms with E-state index in [-0.39, 0.29) is 6.04 Å². The summed E-state index contributed by atoms with van der Waals surface area (Å²) in [5.74, 6) is 1.71. The molecule has 0 amide bonds. The predicted octanol–water partition coefficient (Wildman–Crippen LogP) is 4.11. The number of benzene rings is 1. The molecule has 1 aromatic carbocycles. The molecule has 2 aromatic heterocycles. The number of ether oxygens (including phenoxy) is 1. The number of hydrogen-bond donors (Lipinski definition) is 1. The molecule has 0 saturated carbocycles. The van der Waals surface area contributed by atoms with Crippen LogP contribution in [-0.4, -0.2) is 33.9 Å². The number of H-pyrrole nitrogens is 1. The van der Waals surface area contributed by atoms with Gasteiger partial charge in [-0.3, -0.25) is 10.00 Å². The number of aromatic amines is 1. The number of methoxy groups -OCH3 is 1. The lowest BCUT2D eigenvalue weighted by Gasteiger charge is -2.35. The molecule has 3 heterocycles. The number of aromatic nitrogens is 3. The lowest BCUT2D eigenvalue weighted by Crippen LogP contribution is -2.33. The van der Waals surface area contributed by atoms with Crippen LogP contribution in [0.4, 0.5) is 0 Å². The van der Waals surface area contributed by atoms with Crippen LogP contribution in [0.15, 0.2) is 41.1 Å². The first-order valence-corrected chi connectivity index (χ1v) is 9.09. The molecule has 1 aliphatic heterocycles. The standard InChI is InChI=1S/C20H24N4O2/c1-14-11-19(26-23-14)16-12-21-22-20(16)17-8-5-6-10-24(17)13-15-7-3-4-9-18(15)25-2/h3-4,7,9,11-12,17H,5-6,8,10,13H2,1-2H3,(H,21,22). The lowest BCUT2D eigenvalue weighted by molar-refractivity contribution is 0.136. The smallest absolute Gasteiger partial charge is 0.170 e. The Morgan fingerprint density at radius 2 is 2.19 bits per heavy atom. The minimum Gasteiger partial charge on any atom is -0.496 e. The second-order valence-electron chi connectivity index (χ2n) is 6.82. The molecule has 1 N–H and O–H groups in total. The number of para-hydroxylation sites is 1. The number of likely N-dealkylation sites (tertiary alicyclic amines) is 1. The molecule has 1 aliphatic rings. The molecule has 1 atom stereocenters. The summed E-state index contributed by atoms with van der Waals surface area (Å²) in [5, 5.41) is 11.5. The third-order valence-electron chi connectivity index (χ3n) is 5.08. The van der Waals surface area contributed by atoms with E-state index in [1.165, 1.54) is 18.4 Å². The van der Waals surface area contributed by atoms with Crippen molar-refractivity contribution in [2.45, 2.75) is 38.8 Å². The maximum absolute atomic E-state index is 5.54. The molecule has 0 spiro atoms. The Morgan fingerprint density at radius 3 is 3.00 bits per heavy atom. The maximum Gasteiger partial charge on any atom is 0.170 e. The molecular weight excluding hydrogens is 328 g/mol. The van der Waals surface area contributed by atoms with Gasteiger partial charge in [0.2, 0.25) is 0 Å². The number of aryl methyl sites for hydroxylation is 1. The maximum atomic E-state index is 5.54. The van der Waals surface area contributed by atoms with Crippen molar-refractivity contribution < 1.29 is 9.26 Å². The van der Waals surface area contributed by atoms with Crippen molar-refractivity contribution >= 4 is 0 Å². The van der Waals surface area contributed by atoms with Crippen LogP contribution in [0.3, 0.4) is 0 Å². The molecule has 3 aromatic rings. The number of rotatable bonds is 5. The summed E-state index contributed by atoms with van der Waals surface area (Å²) in [5.41, 5.74) is 4.19. The highest BCUT2D eigenvalue weighted by Crippen LogP contribution is 2.37. The Labute approximate surface area is 153 Å². The van der Waals surface area contributed by atoms with Gasteiger partial charge in [-0.25, -0.2) is 0 Å². The zero-order chi connectivity index (χ0) is 17.9. The molecular formula is C20H24N4O2. The molecule has 0 radical (unpaired) electrons. The van der Waals surface area contributed by atoms with Crippen LogP contribution < -0.4 is 4.74 Å². The summed E-state index contributed by atoms with van der Waals surface area (Å²) < 4.78 is 11.0. The fraction of sp³-hybridized carbons (Fsp3) is 0.400. The zero-order valence-electron chi connectivity index (χ0n) is 15.2. The number of nitrogens with zero attached hydrogens (tertiary/aromatic N) is 3. The quantitative estimate of drug-likeness (QED) is 0.748. The Bertz CT molecular complexity index is 870. The van der Waals surface area contributed by atoms with Crippen molar-refractivity contribution in [1.29, 1.82) is 0 Å². The van der Waals surface area contributed by atoms with Gasteiger partial charge in [0.15, 0.2) is 5.76 Å². The van der Waals surface area contributed by atoms with E-state index < -0.39 is 0 Å². The molecule has 0 aliphatic carbocycles. The minimum absolute atomic E-state index is 0.275. The highest BCUT2D eigenvalue weighted by molar-refractivity contribution is 5.60. The first-order valence-electron chi connectivity index (χ1n) is 9.09. The summed E-state index contributed by atoms with van der Waals surface area (Å²) in [6.07, 6.45) is 5.35. The number of hydrogen-bond acceptors (Lipinski definition) is 5. The fourth-order valence-electron chi connectivity index (χ4n) is 3.80. The molecule has 4 rings (SSSR count). The van der Waals surface area contributed by atoms with Crippen molar-refractivity contribution in [3.8, 4) is 17.1 Å². The lowest BCUT2D eigenvalue weighted by atomic mass is 9.95. The fourth-order valence-corrected chi connectivity index (χ4v) is 3.80. The normalized spacial score (nSPS) is 18.2. The molecule has 26 heavy (non-hydrogen) atoms. The van der Waals surface area contributed by atoms with Crippen LogP contribution in [0.25, 0.3) is 11.3 Å². The van der Waals surface area contributed by atoms with Crippen LogP contribution in [0.2, 0.25) is 0 Å². The summed E-state index contributed by atoms with van der Waals surface area (Å²) in [4.78, 5) is 2.50. The summed E-state index contributed by atoms with van der Waals surface area (Å²) >= 11 is 0. The van der Waals surface area contributed by atoms with Crippen LogP contribution >= 0.6 is 0 Å². The van der Waals surface area contributed by atoms with Gasteiger partial charge in [0.05, 0.1) is 36.3 Å². The van der Waals surface area contributed by atoms with E-state index in [9.17, 15) is 0 Å². The second kappa shape index (κ2) is 7.33. The number of piperidine rings is 1. The van der Waals surface area contributed by atoms with Gasteiger partial charge in [-0.15, -0.1) is 0 Å². The molecule has 6 nitrogen and oxygen atoms in total. The van der Waals surface area contributed by atoms with Crippen molar-refractivity contribution in [2.24, 2.45) is 0 Å². The van der Waals surface area contributed by atoms with E-state index in [0.717, 1.165) is 48.0 Å². The summed E-state index contributed by atoms with van der Waals surface area (Å²) in [7, 11) is 1.73. The largest absolute Gasteiger partial charge is 0.496 e. The van der Waals surface area contributed by atoms with E-state index in [1.807, 2.05) is 31.3 Å². The van der Waals surface area contributed by atoms with Gasteiger partial charge in [-0.1, -0.05) is 29.8 Å². The van der Waals surface area contributed by atoms with Gasteiger partial charge >= 0.3 is 0 Å². The van der Waals surface area contributed by atoms with Crippen molar-refractivity contribution in [1.82, 2.24) is 20.3 Å². The monoisotopic (exact) mass is 352 g/mol. The SMILES string of the molecule is COc1ccccc1CN1CCCCC1c1[nH]ncc1-c1cc(C)no1. The molecule has 0 bridgehead atoms. The van der Waals surface area contributed by atoms with Gasteiger partial charge in [0, 0.05) is 18.2 Å². The Balaban J connectivity index is 1.64. The molecule has 1 unspecified atom stereocenters. The summed E-state index contributed by atoms with van der Waals surface area (Å²) in [6, 6.07) is 10.5. The average molecular weight is 352 g/mol. The van der Waals surface area contributed by atoms with Crippen LogP contribution in [0.5, 0.6) is 5.75 Å². The second-order valence-corrected chi connectivity index (χ2v) is 6.82. The zero-order valence-corrected chi connectivity index (χ0v) is 15.2. The van der Waals surface area contributed by atoms with E-state index in [0.29, 0.717) is 0 Å². The first kappa shape index (κ1) is 16.8. The van der Waals surface area contributed by atoms with Gasteiger partial charge in [-0.05, 0) is 32.4 Å². The Hall–Kier alpha value is -2.60. The van der Waals surface area contributed by atoms with Gasteiger partial charge < -0.3 is 9.26 Å². The molecule has 136 valence electrons. The summed E-state index contributed by atoms with van der Waals surface area (Å²) in [6.45, 7) is 3.83. The Kier molecular flexibility index (Phi) is 4.75. The molecule has 6 heteroatoms. The molecule has 1 fully saturated rings. The molecule has 1 saturated heterocycles. The minimum atomic E-state index is 0.275. The third-order valence-corrected chi connectivity index (χ3v) is 5.08. The van der Waals surface area contributed by atoms with Crippen LogP contribution in [0.1, 0.15) is 42.3 Å². The van der Waals surface area contributed by atoms with E-state index in [4.69, 9.17) is 9.26 Å². The van der Waals surface area contributed by atoms with Crippen molar-refractivity contribution in [3.63, 3.8) is 0 Å². The first-order chi connectivity index (χ1) is 12.8. The van der Waals surface area contributed by atoms with E-state index >= 15 is 0 Å². The van der Waals surface area contributed by atoms with Crippen LogP contribution in [0, 0.1) is 6.92 Å². The topological polar surface area (TPSA) is 67.2 Å². The van der Waals surface area contributed by atoms with Crippen molar-refractivity contribution in [3.05, 3.63) is 53.5 Å². The van der Waals surface area contributed by atoms with E-state index in [2.05, 4.69) is 32.4 Å². The van der Waals surface area contributed by atoms with E-state index in [1.54, 1.807) is 7.11 Å². The average Bonchev–Trinajstić information content (AvgIpc) is 3.31. The van der Waals surface area contributed by atoms with Crippen molar-refractivity contribution in [2.75, 3.05) is 13.7 Å². The highest BCUT2D eigenvalue weighted by atomic mass is 16.5. The highest BCUT2D eigenvalue weighted by Gasteiger charge is 2.29. The Morgan fingerprint density at radius 1 is 1.31 bits per heavy atom. The van der Waals surface area contributed by atoms with Gasteiger partial charge in [-0.2, -0.15) is 5.10 Å². The third kappa shape index (κ3) is 3.24. The van der Waals surface area contributed by atoms with Crippen LogP contribution in [-0.2, 0) is 6.54 Å².